The SMILES string of the molecule is CNC(=O)c1cc(-c2cc([C@@H]3CNC[C@@H](COC)N3C(C)=O)cc(Cl)n2)ncn1. The smallest absolute Gasteiger partial charge is 0.269 e. The highest BCUT2D eigenvalue weighted by atomic mass is 35.5. The molecule has 2 N–H and O–H groups in total. The fourth-order valence-corrected chi connectivity index (χ4v) is 3.73. The van der Waals surface area contributed by atoms with Crippen LogP contribution in [0.5, 0.6) is 0 Å². The maximum Gasteiger partial charge on any atom is 0.269 e. The number of methoxy groups -OCH3 is 1. The minimum Gasteiger partial charge on any atom is -0.382 e. The first-order valence-corrected chi connectivity index (χ1v) is 9.53. The average molecular weight is 419 g/mol. The Morgan fingerprint density at radius 2 is 2.07 bits per heavy atom. The Morgan fingerprint density at radius 1 is 1.28 bits per heavy atom. The van der Waals surface area contributed by atoms with Crippen molar-refractivity contribution in [1.82, 2.24) is 30.5 Å². The number of aromatic nitrogens is 3. The highest BCUT2D eigenvalue weighted by molar-refractivity contribution is 6.29. The van der Waals surface area contributed by atoms with Crippen molar-refractivity contribution in [1.29, 1.82) is 0 Å². The molecule has 10 heteroatoms. The zero-order valence-electron chi connectivity index (χ0n) is 16.5. The van der Waals surface area contributed by atoms with E-state index >= 15 is 0 Å². The number of hydrogen-bond acceptors (Lipinski definition) is 7. The number of rotatable bonds is 5. The summed E-state index contributed by atoms with van der Waals surface area (Å²) in [6, 6.07) is 4.80. The predicted octanol–water partition coefficient (Wildman–Crippen LogP) is 1.06. The Morgan fingerprint density at radius 3 is 2.76 bits per heavy atom. The van der Waals surface area contributed by atoms with Crippen molar-refractivity contribution in [2.24, 2.45) is 0 Å². The van der Waals surface area contributed by atoms with Crippen LogP contribution in [0.25, 0.3) is 11.4 Å². The number of carbonyl (C=O) groups is 2. The molecule has 154 valence electrons. The first-order chi connectivity index (χ1) is 13.9. The zero-order valence-corrected chi connectivity index (χ0v) is 17.2. The first-order valence-electron chi connectivity index (χ1n) is 9.15. The summed E-state index contributed by atoms with van der Waals surface area (Å²) in [7, 11) is 3.14. The van der Waals surface area contributed by atoms with Crippen LogP contribution in [0.2, 0.25) is 5.15 Å². The number of amides is 2. The highest BCUT2D eigenvalue weighted by Gasteiger charge is 2.33. The summed E-state index contributed by atoms with van der Waals surface area (Å²) in [5, 5.41) is 6.15. The van der Waals surface area contributed by atoms with Gasteiger partial charge in [0.1, 0.15) is 17.2 Å². The normalized spacial score (nSPS) is 19.1. The van der Waals surface area contributed by atoms with E-state index < -0.39 is 0 Å². The van der Waals surface area contributed by atoms with E-state index in [2.05, 4.69) is 25.6 Å². The van der Waals surface area contributed by atoms with Crippen LogP contribution in [0.15, 0.2) is 24.5 Å². The molecule has 1 aliphatic rings. The van der Waals surface area contributed by atoms with Gasteiger partial charge in [-0.2, -0.15) is 0 Å². The van der Waals surface area contributed by atoms with E-state index in [-0.39, 0.29) is 34.7 Å². The summed E-state index contributed by atoms with van der Waals surface area (Å²) in [5.41, 5.74) is 2.01. The standard InChI is InChI=1S/C19H23ClN6O3/c1-11(27)26-13(9-29-3)7-22-8-17(26)12-4-15(25-18(20)5-12)14-6-16(19(28)21-2)24-10-23-14/h4-6,10,13,17,22H,7-9H2,1-3H3,(H,21,28)/t13-,17-/m0/s1. The summed E-state index contributed by atoms with van der Waals surface area (Å²) in [6.45, 7) is 3.20. The second-order valence-corrected chi connectivity index (χ2v) is 7.07. The zero-order chi connectivity index (χ0) is 21.0. The molecular weight excluding hydrogens is 396 g/mol. The molecule has 0 unspecified atom stereocenters. The summed E-state index contributed by atoms with van der Waals surface area (Å²) < 4.78 is 5.28. The third-order valence-corrected chi connectivity index (χ3v) is 4.95. The Hall–Kier alpha value is -2.62. The van der Waals surface area contributed by atoms with Crippen LogP contribution in [-0.4, -0.2) is 71.6 Å². The van der Waals surface area contributed by atoms with Crippen molar-refractivity contribution in [3.8, 4) is 11.4 Å². The van der Waals surface area contributed by atoms with Crippen molar-refractivity contribution in [2.75, 3.05) is 33.9 Å². The predicted molar refractivity (Wildman–Crippen MR) is 107 cm³/mol. The molecular formula is C19H23ClN6O3. The lowest BCUT2D eigenvalue weighted by Gasteiger charge is -2.42. The van der Waals surface area contributed by atoms with Crippen LogP contribution in [0.3, 0.4) is 0 Å². The first kappa shape index (κ1) is 21.1. The second kappa shape index (κ2) is 9.25. The molecule has 1 saturated heterocycles. The Kier molecular flexibility index (Phi) is 6.73. The molecule has 1 fully saturated rings. The van der Waals surface area contributed by atoms with Gasteiger partial charge in [-0.25, -0.2) is 15.0 Å². The van der Waals surface area contributed by atoms with Crippen molar-refractivity contribution >= 4 is 23.4 Å². The molecule has 3 heterocycles. The van der Waals surface area contributed by atoms with Gasteiger partial charge in [0.25, 0.3) is 5.91 Å². The molecule has 0 bridgehead atoms. The van der Waals surface area contributed by atoms with E-state index in [1.807, 2.05) is 11.0 Å². The van der Waals surface area contributed by atoms with Crippen LogP contribution in [0.1, 0.15) is 29.0 Å². The van der Waals surface area contributed by atoms with Gasteiger partial charge in [0.05, 0.1) is 30.1 Å². The van der Waals surface area contributed by atoms with Gasteiger partial charge in [-0.1, -0.05) is 11.6 Å². The van der Waals surface area contributed by atoms with Gasteiger partial charge >= 0.3 is 0 Å². The van der Waals surface area contributed by atoms with E-state index in [1.165, 1.54) is 13.4 Å². The number of halogens is 1. The number of pyridine rings is 1. The minimum absolute atomic E-state index is 0.0445. The maximum absolute atomic E-state index is 12.4. The van der Waals surface area contributed by atoms with Gasteiger partial charge in [-0.3, -0.25) is 9.59 Å². The summed E-state index contributed by atoms with van der Waals surface area (Å²) >= 11 is 6.29. The lowest BCUT2D eigenvalue weighted by Crippen LogP contribution is -2.56. The van der Waals surface area contributed by atoms with Crippen LogP contribution < -0.4 is 10.6 Å². The van der Waals surface area contributed by atoms with Gasteiger partial charge in [0.2, 0.25) is 5.91 Å². The van der Waals surface area contributed by atoms with Gasteiger partial charge in [0, 0.05) is 34.2 Å². The van der Waals surface area contributed by atoms with Gasteiger partial charge < -0.3 is 20.3 Å². The monoisotopic (exact) mass is 418 g/mol. The molecule has 2 aromatic heterocycles. The van der Waals surface area contributed by atoms with Crippen molar-refractivity contribution in [3.05, 3.63) is 40.9 Å². The van der Waals surface area contributed by atoms with Gasteiger partial charge in [-0.15, -0.1) is 0 Å². The van der Waals surface area contributed by atoms with Gasteiger partial charge in [0.15, 0.2) is 0 Å². The number of nitrogens with zero attached hydrogens (tertiary/aromatic N) is 4. The van der Waals surface area contributed by atoms with Crippen LogP contribution >= 0.6 is 11.6 Å². The number of carbonyl (C=O) groups excluding carboxylic acids is 2. The fourth-order valence-electron chi connectivity index (χ4n) is 3.51. The summed E-state index contributed by atoms with van der Waals surface area (Å²) in [6.07, 6.45) is 1.31. The largest absolute Gasteiger partial charge is 0.382 e. The Balaban J connectivity index is 2.00. The molecule has 1 aliphatic heterocycles. The van der Waals surface area contributed by atoms with E-state index in [0.717, 1.165) is 5.56 Å². The van der Waals surface area contributed by atoms with Crippen LogP contribution in [0.4, 0.5) is 0 Å². The molecule has 0 aromatic carbocycles. The average Bonchev–Trinajstić information content (AvgIpc) is 2.72. The topological polar surface area (TPSA) is 109 Å². The van der Waals surface area contributed by atoms with Crippen molar-refractivity contribution in [2.45, 2.75) is 19.0 Å². The Labute approximate surface area is 173 Å². The van der Waals surface area contributed by atoms with E-state index in [4.69, 9.17) is 16.3 Å². The maximum atomic E-state index is 12.4. The second-order valence-electron chi connectivity index (χ2n) is 6.69. The third kappa shape index (κ3) is 4.69. The fraction of sp³-hybridized carbons (Fsp3) is 0.421. The number of piperazine rings is 1. The molecule has 2 atom stereocenters. The quantitative estimate of drug-likeness (QED) is 0.698. The number of hydrogen-bond donors (Lipinski definition) is 2. The Bertz CT molecular complexity index is 907. The molecule has 9 nitrogen and oxygen atoms in total. The molecule has 0 aliphatic carbocycles. The molecule has 0 radical (unpaired) electrons. The van der Waals surface area contributed by atoms with Crippen LogP contribution in [-0.2, 0) is 9.53 Å². The van der Waals surface area contributed by atoms with E-state index in [1.54, 1.807) is 26.2 Å². The molecule has 0 saturated carbocycles. The number of nitrogens with one attached hydrogen (secondary N) is 2. The molecule has 0 spiro atoms. The minimum atomic E-state index is -0.322. The lowest BCUT2D eigenvalue weighted by atomic mass is 9.99. The van der Waals surface area contributed by atoms with Crippen LogP contribution in [0, 0.1) is 0 Å². The molecule has 2 amide bonds. The highest BCUT2D eigenvalue weighted by Crippen LogP contribution is 2.30. The van der Waals surface area contributed by atoms with Crippen molar-refractivity contribution in [3.63, 3.8) is 0 Å². The summed E-state index contributed by atoms with van der Waals surface area (Å²) in [5.74, 6) is -0.366. The molecule has 29 heavy (non-hydrogen) atoms. The third-order valence-electron chi connectivity index (χ3n) is 4.76. The molecule has 3 rings (SSSR count). The van der Waals surface area contributed by atoms with E-state index in [9.17, 15) is 9.59 Å². The van der Waals surface area contributed by atoms with E-state index in [0.29, 0.717) is 31.1 Å². The number of ether oxygens (including phenoxy) is 1. The van der Waals surface area contributed by atoms with Gasteiger partial charge in [-0.05, 0) is 23.8 Å². The van der Waals surface area contributed by atoms with Crippen molar-refractivity contribution < 1.29 is 14.3 Å². The molecule has 2 aromatic rings. The summed E-state index contributed by atoms with van der Waals surface area (Å²) in [4.78, 5) is 38.6. The lowest BCUT2D eigenvalue weighted by molar-refractivity contribution is -0.136.